The Morgan fingerprint density at radius 1 is 1.27 bits per heavy atom. The summed E-state index contributed by atoms with van der Waals surface area (Å²) in [7, 11) is 1.63. The van der Waals surface area contributed by atoms with E-state index >= 15 is 0 Å². The number of hydrogen-bond donors (Lipinski definition) is 1. The minimum atomic E-state index is -0.131. The largest absolute Gasteiger partial charge is 0.496 e. The molecule has 22 heavy (non-hydrogen) atoms. The molecule has 0 unspecified atom stereocenters. The van der Waals surface area contributed by atoms with Crippen molar-refractivity contribution in [3.05, 3.63) is 29.6 Å². The van der Waals surface area contributed by atoms with Gasteiger partial charge < -0.3 is 10.1 Å². The van der Waals surface area contributed by atoms with Crippen molar-refractivity contribution < 1.29 is 9.13 Å². The minimum absolute atomic E-state index is 0. The van der Waals surface area contributed by atoms with Crippen LogP contribution in [-0.4, -0.2) is 38.2 Å². The lowest BCUT2D eigenvalue weighted by atomic mass is 9.97. The van der Waals surface area contributed by atoms with Gasteiger partial charge in [-0.15, -0.1) is 24.8 Å². The third-order valence-electron chi connectivity index (χ3n) is 4.41. The van der Waals surface area contributed by atoms with Gasteiger partial charge in [-0.1, -0.05) is 18.9 Å². The molecule has 1 aromatic rings. The summed E-state index contributed by atoms with van der Waals surface area (Å²) in [4.78, 5) is 2.41. The second-order valence-corrected chi connectivity index (χ2v) is 5.84. The molecule has 126 valence electrons. The number of methoxy groups -OCH3 is 1. The van der Waals surface area contributed by atoms with E-state index in [1.165, 1.54) is 12.8 Å². The van der Waals surface area contributed by atoms with Gasteiger partial charge in [0.25, 0.3) is 0 Å². The summed E-state index contributed by atoms with van der Waals surface area (Å²) in [5.41, 5.74) is 0.754. The zero-order chi connectivity index (χ0) is 13.9. The second-order valence-electron chi connectivity index (χ2n) is 5.84. The molecule has 1 N–H and O–H groups in total. The molecule has 1 aliphatic heterocycles. The third-order valence-corrected chi connectivity index (χ3v) is 4.41. The van der Waals surface area contributed by atoms with Crippen molar-refractivity contribution in [3.8, 4) is 5.75 Å². The van der Waals surface area contributed by atoms with Gasteiger partial charge in [-0.25, -0.2) is 4.39 Å². The van der Waals surface area contributed by atoms with Crippen LogP contribution in [-0.2, 0) is 0 Å². The maximum absolute atomic E-state index is 14.4. The van der Waals surface area contributed by atoms with Gasteiger partial charge in [-0.05, 0) is 24.5 Å². The summed E-state index contributed by atoms with van der Waals surface area (Å²) in [5.74, 6) is 1.32. The molecule has 2 aliphatic rings. The molecule has 1 aliphatic carbocycles. The van der Waals surface area contributed by atoms with Crippen molar-refractivity contribution in [2.75, 3.05) is 33.3 Å². The van der Waals surface area contributed by atoms with Crippen LogP contribution in [0.3, 0.4) is 0 Å². The highest BCUT2D eigenvalue weighted by atomic mass is 35.5. The normalized spacial score (nSPS) is 19.7. The molecular formula is C16H25Cl2FN2O. The van der Waals surface area contributed by atoms with E-state index in [1.54, 1.807) is 19.2 Å². The van der Waals surface area contributed by atoms with E-state index in [2.05, 4.69) is 10.2 Å². The summed E-state index contributed by atoms with van der Waals surface area (Å²) in [6, 6.07) is 5.31. The number of hydrogen-bond acceptors (Lipinski definition) is 3. The van der Waals surface area contributed by atoms with Crippen LogP contribution >= 0.6 is 24.8 Å². The van der Waals surface area contributed by atoms with E-state index in [1.807, 2.05) is 6.07 Å². The monoisotopic (exact) mass is 350 g/mol. The molecule has 1 heterocycles. The lowest BCUT2D eigenvalue weighted by molar-refractivity contribution is 0.154. The van der Waals surface area contributed by atoms with Crippen LogP contribution in [0.15, 0.2) is 18.2 Å². The van der Waals surface area contributed by atoms with E-state index in [-0.39, 0.29) is 36.7 Å². The Balaban J connectivity index is 0.00000121. The topological polar surface area (TPSA) is 24.5 Å². The Bertz CT molecular complexity index is 465. The molecule has 1 aromatic carbocycles. The standard InChI is InChI=1S/C16H23FN2O.2ClH/c1-20-15-4-2-3-13(17)16(15)14(11-12-5-6-12)19-9-7-18-8-10-19;;/h2-4,12,14,18H,5-11H2,1H3;2*1H/t14-;;/m1../s1. The number of nitrogens with one attached hydrogen (secondary N) is 1. The zero-order valence-electron chi connectivity index (χ0n) is 12.9. The van der Waals surface area contributed by atoms with Gasteiger partial charge >= 0.3 is 0 Å². The Morgan fingerprint density at radius 2 is 1.95 bits per heavy atom. The first kappa shape index (κ1) is 19.5. The highest BCUT2D eigenvalue weighted by molar-refractivity contribution is 5.85. The lowest BCUT2D eigenvalue weighted by Gasteiger charge is -2.36. The van der Waals surface area contributed by atoms with Crippen LogP contribution in [0.1, 0.15) is 30.9 Å². The first-order valence-electron chi connectivity index (χ1n) is 7.56. The van der Waals surface area contributed by atoms with E-state index in [0.717, 1.165) is 44.1 Å². The number of piperazine rings is 1. The van der Waals surface area contributed by atoms with Crippen molar-refractivity contribution in [1.82, 2.24) is 10.2 Å². The summed E-state index contributed by atoms with van der Waals surface area (Å²) in [6.45, 7) is 3.93. The highest BCUT2D eigenvalue weighted by Gasteiger charge is 2.33. The van der Waals surface area contributed by atoms with Crippen LogP contribution in [0.25, 0.3) is 0 Å². The van der Waals surface area contributed by atoms with E-state index in [9.17, 15) is 4.39 Å². The Morgan fingerprint density at radius 3 is 2.55 bits per heavy atom. The van der Waals surface area contributed by atoms with Gasteiger partial charge in [0.2, 0.25) is 0 Å². The number of rotatable bonds is 5. The van der Waals surface area contributed by atoms with Gasteiger partial charge in [0.15, 0.2) is 0 Å². The van der Waals surface area contributed by atoms with Crippen molar-refractivity contribution >= 4 is 24.8 Å². The Kier molecular flexibility index (Phi) is 7.90. The van der Waals surface area contributed by atoms with Crippen molar-refractivity contribution in [1.29, 1.82) is 0 Å². The summed E-state index contributed by atoms with van der Waals surface area (Å²) >= 11 is 0. The summed E-state index contributed by atoms with van der Waals surface area (Å²) in [6.07, 6.45) is 3.63. The molecule has 0 amide bonds. The molecule has 0 spiro atoms. The Hall–Kier alpha value is -0.550. The van der Waals surface area contributed by atoms with Crippen molar-refractivity contribution in [2.45, 2.75) is 25.3 Å². The van der Waals surface area contributed by atoms with Crippen LogP contribution in [0.2, 0.25) is 0 Å². The fourth-order valence-corrected chi connectivity index (χ4v) is 3.13. The van der Waals surface area contributed by atoms with Crippen molar-refractivity contribution in [2.24, 2.45) is 5.92 Å². The number of ether oxygens (including phenoxy) is 1. The van der Waals surface area contributed by atoms with Gasteiger partial charge in [-0.3, -0.25) is 4.90 Å². The molecule has 0 bridgehead atoms. The molecular weight excluding hydrogens is 326 g/mol. The summed E-state index contributed by atoms with van der Waals surface area (Å²) < 4.78 is 19.8. The molecule has 0 aromatic heterocycles. The van der Waals surface area contributed by atoms with E-state index in [4.69, 9.17) is 4.74 Å². The first-order chi connectivity index (χ1) is 9.79. The SMILES string of the molecule is COc1cccc(F)c1[C@@H](CC1CC1)N1CCNCC1.Cl.Cl. The van der Waals surface area contributed by atoms with E-state index in [0.29, 0.717) is 5.75 Å². The molecule has 6 heteroatoms. The van der Waals surface area contributed by atoms with Gasteiger partial charge in [0, 0.05) is 37.8 Å². The average molecular weight is 351 g/mol. The second kappa shape index (κ2) is 8.92. The highest BCUT2D eigenvalue weighted by Crippen LogP contribution is 2.43. The minimum Gasteiger partial charge on any atom is -0.496 e. The van der Waals surface area contributed by atoms with Crippen LogP contribution < -0.4 is 10.1 Å². The fourth-order valence-electron chi connectivity index (χ4n) is 3.13. The zero-order valence-corrected chi connectivity index (χ0v) is 14.5. The average Bonchev–Trinajstić information content (AvgIpc) is 3.30. The van der Waals surface area contributed by atoms with Crippen LogP contribution in [0, 0.1) is 11.7 Å². The van der Waals surface area contributed by atoms with Gasteiger partial charge in [0.05, 0.1) is 7.11 Å². The summed E-state index contributed by atoms with van der Waals surface area (Å²) in [5, 5.41) is 3.37. The molecule has 2 fully saturated rings. The smallest absolute Gasteiger partial charge is 0.131 e. The van der Waals surface area contributed by atoms with Crippen LogP contribution in [0.5, 0.6) is 5.75 Å². The predicted octanol–water partition coefficient (Wildman–Crippen LogP) is 3.42. The quantitative estimate of drug-likeness (QED) is 0.880. The number of nitrogens with zero attached hydrogens (tertiary/aromatic N) is 1. The molecule has 0 radical (unpaired) electrons. The maximum Gasteiger partial charge on any atom is 0.131 e. The van der Waals surface area contributed by atoms with Crippen LogP contribution in [0.4, 0.5) is 4.39 Å². The molecule has 3 rings (SSSR count). The van der Waals surface area contributed by atoms with Crippen molar-refractivity contribution in [3.63, 3.8) is 0 Å². The number of benzene rings is 1. The molecule has 1 saturated carbocycles. The van der Waals surface area contributed by atoms with Gasteiger partial charge in [0.1, 0.15) is 11.6 Å². The molecule has 3 nitrogen and oxygen atoms in total. The predicted molar refractivity (Wildman–Crippen MR) is 92.0 cm³/mol. The molecule has 1 atom stereocenters. The third kappa shape index (κ3) is 4.48. The number of halogens is 3. The molecule has 1 saturated heterocycles. The Labute approximate surface area is 144 Å². The lowest BCUT2D eigenvalue weighted by Crippen LogP contribution is -2.45. The van der Waals surface area contributed by atoms with Gasteiger partial charge in [-0.2, -0.15) is 0 Å². The fraction of sp³-hybridized carbons (Fsp3) is 0.625. The first-order valence-corrected chi connectivity index (χ1v) is 7.56. The van der Waals surface area contributed by atoms with E-state index < -0.39 is 0 Å². The maximum atomic E-state index is 14.4.